The minimum Gasteiger partial charge on any atom is -0.379 e. The first-order chi connectivity index (χ1) is 7.36. The van der Waals surface area contributed by atoms with Crippen molar-refractivity contribution in [3.63, 3.8) is 0 Å². The van der Waals surface area contributed by atoms with Crippen LogP contribution >= 0.6 is 11.5 Å². The molecule has 0 saturated carbocycles. The van der Waals surface area contributed by atoms with Crippen molar-refractivity contribution in [3.8, 4) is 0 Å². The molecule has 0 bridgehead atoms. The van der Waals surface area contributed by atoms with Gasteiger partial charge in [-0.25, -0.2) is 0 Å². The molecule has 2 rings (SSSR count). The molecule has 1 aromatic rings. The van der Waals surface area contributed by atoms with Gasteiger partial charge in [-0.1, -0.05) is 9.59 Å². The van der Waals surface area contributed by atoms with E-state index in [0.717, 1.165) is 37.9 Å². The fourth-order valence-corrected chi connectivity index (χ4v) is 1.98. The molecular formula is C8H15N5OS. The molecule has 1 saturated heterocycles. The molecule has 84 valence electrons. The van der Waals surface area contributed by atoms with Crippen LogP contribution < -0.4 is 10.2 Å². The number of nitrogens with zero attached hydrogens (tertiary/aromatic N) is 4. The molecule has 0 amide bonds. The Labute approximate surface area is 92.8 Å². The van der Waals surface area contributed by atoms with Gasteiger partial charge in [-0.05, 0) is 11.6 Å². The molecular weight excluding hydrogens is 214 g/mol. The van der Waals surface area contributed by atoms with Crippen LogP contribution in [0.15, 0.2) is 0 Å². The van der Waals surface area contributed by atoms with Gasteiger partial charge in [0, 0.05) is 37.7 Å². The van der Waals surface area contributed by atoms with Crippen molar-refractivity contribution in [1.29, 1.82) is 0 Å². The SMILES string of the molecule is CN(CCC1COCCN1)c1nnns1. The second kappa shape index (κ2) is 5.34. The lowest BCUT2D eigenvalue weighted by atomic mass is 10.2. The molecule has 1 aliphatic rings. The lowest BCUT2D eigenvalue weighted by Gasteiger charge is -2.25. The predicted octanol–water partition coefficient (Wildman–Crippen LogP) is -0.252. The Kier molecular flexibility index (Phi) is 3.81. The van der Waals surface area contributed by atoms with Crippen LogP contribution in [0.1, 0.15) is 6.42 Å². The second-order valence-corrected chi connectivity index (χ2v) is 4.29. The van der Waals surface area contributed by atoms with E-state index in [2.05, 4.69) is 25.0 Å². The van der Waals surface area contributed by atoms with Gasteiger partial charge in [0.2, 0.25) is 5.13 Å². The summed E-state index contributed by atoms with van der Waals surface area (Å²) in [7, 11) is 2.01. The first kappa shape index (κ1) is 10.7. The molecule has 0 aliphatic carbocycles. The Morgan fingerprint density at radius 3 is 3.27 bits per heavy atom. The van der Waals surface area contributed by atoms with Gasteiger partial charge >= 0.3 is 0 Å². The Morgan fingerprint density at radius 2 is 2.60 bits per heavy atom. The van der Waals surface area contributed by atoms with Crippen molar-refractivity contribution in [2.45, 2.75) is 12.5 Å². The monoisotopic (exact) mass is 229 g/mol. The van der Waals surface area contributed by atoms with E-state index in [1.165, 1.54) is 11.5 Å². The summed E-state index contributed by atoms with van der Waals surface area (Å²) in [6, 6.07) is 0.460. The first-order valence-corrected chi connectivity index (χ1v) is 5.81. The highest BCUT2D eigenvalue weighted by molar-refractivity contribution is 7.09. The highest BCUT2D eigenvalue weighted by atomic mass is 32.1. The summed E-state index contributed by atoms with van der Waals surface area (Å²) in [5, 5.41) is 11.8. The van der Waals surface area contributed by atoms with Gasteiger partial charge in [-0.15, -0.1) is 0 Å². The van der Waals surface area contributed by atoms with E-state index in [-0.39, 0.29) is 0 Å². The van der Waals surface area contributed by atoms with Crippen molar-refractivity contribution in [3.05, 3.63) is 0 Å². The molecule has 1 N–H and O–H groups in total. The van der Waals surface area contributed by atoms with E-state index in [9.17, 15) is 0 Å². The largest absolute Gasteiger partial charge is 0.379 e. The quantitative estimate of drug-likeness (QED) is 0.768. The maximum atomic E-state index is 5.39. The molecule has 15 heavy (non-hydrogen) atoms. The minimum atomic E-state index is 0.460. The summed E-state index contributed by atoms with van der Waals surface area (Å²) in [6.07, 6.45) is 1.05. The molecule has 7 heteroatoms. The first-order valence-electron chi connectivity index (χ1n) is 5.03. The number of anilines is 1. The van der Waals surface area contributed by atoms with Crippen molar-refractivity contribution >= 4 is 16.7 Å². The fraction of sp³-hybridized carbons (Fsp3) is 0.875. The van der Waals surface area contributed by atoms with Crippen molar-refractivity contribution in [2.75, 3.05) is 38.3 Å². The third-order valence-electron chi connectivity index (χ3n) is 2.43. The third-order valence-corrected chi connectivity index (χ3v) is 3.14. The van der Waals surface area contributed by atoms with Crippen LogP contribution in [-0.4, -0.2) is 54.2 Å². The number of nitrogens with one attached hydrogen (secondary N) is 1. The smallest absolute Gasteiger partial charge is 0.227 e. The number of aromatic nitrogens is 3. The maximum absolute atomic E-state index is 5.39. The predicted molar refractivity (Wildman–Crippen MR) is 58.2 cm³/mol. The van der Waals surface area contributed by atoms with Crippen molar-refractivity contribution in [1.82, 2.24) is 20.1 Å². The van der Waals surface area contributed by atoms with Crippen LogP contribution in [0.5, 0.6) is 0 Å². The zero-order valence-corrected chi connectivity index (χ0v) is 9.53. The highest BCUT2D eigenvalue weighted by Gasteiger charge is 2.14. The van der Waals surface area contributed by atoms with Crippen LogP contribution in [-0.2, 0) is 4.74 Å². The molecule has 1 atom stereocenters. The van der Waals surface area contributed by atoms with Gasteiger partial charge in [0.1, 0.15) is 0 Å². The zero-order valence-electron chi connectivity index (χ0n) is 8.72. The zero-order chi connectivity index (χ0) is 10.5. The number of rotatable bonds is 4. The van der Waals surface area contributed by atoms with Crippen molar-refractivity contribution in [2.24, 2.45) is 0 Å². The molecule has 1 aliphatic heterocycles. The van der Waals surface area contributed by atoms with Gasteiger partial charge in [-0.3, -0.25) is 0 Å². The molecule has 6 nitrogen and oxygen atoms in total. The molecule has 0 radical (unpaired) electrons. The van der Waals surface area contributed by atoms with E-state index in [1.54, 1.807) is 0 Å². The van der Waals surface area contributed by atoms with Gasteiger partial charge in [0.25, 0.3) is 0 Å². The van der Waals surface area contributed by atoms with Crippen molar-refractivity contribution < 1.29 is 4.74 Å². The van der Waals surface area contributed by atoms with Gasteiger partial charge in [0.15, 0.2) is 0 Å². The number of hydrogen-bond donors (Lipinski definition) is 1. The molecule has 2 heterocycles. The molecule has 0 aromatic carbocycles. The maximum Gasteiger partial charge on any atom is 0.227 e. The average molecular weight is 229 g/mol. The second-order valence-electron chi connectivity index (χ2n) is 3.58. The highest BCUT2D eigenvalue weighted by Crippen LogP contribution is 2.12. The van der Waals surface area contributed by atoms with Crippen LogP contribution in [0, 0.1) is 0 Å². The third kappa shape index (κ3) is 3.08. The summed E-state index contributed by atoms with van der Waals surface area (Å²) in [5.41, 5.74) is 0. The van der Waals surface area contributed by atoms with E-state index >= 15 is 0 Å². The van der Waals surface area contributed by atoms with E-state index in [1.807, 2.05) is 7.05 Å². The topological polar surface area (TPSA) is 63.2 Å². The van der Waals surface area contributed by atoms with Gasteiger partial charge < -0.3 is 15.0 Å². The number of ether oxygens (including phenoxy) is 1. The lowest BCUT2D eigenvalue weighted by Crippen LogP contribution is -2.42. The normalized spacial score (nSPS) is 21.5. The Bertz CT molecular complexity index is 275. The molecule has 1 unspecified atom stereocenters. The minimum absolute atomic E-state index is 0.460. The Balaban J connectivity index is 1.73. The molecule has 0 spiro atoms. The Hall–Kier alpha value is -0.790. The summed E-state index contributed by atoms with van der Waals surface area (Å²) >= 11 is 1.32. The summed E-state index contributed by atoms with van der Waals surface area (Å²) in [6.45, 7) is 3.53. The fourth-order valence-electron chi connectivity index (χ4n) is 1.53. The molecule has 1 fully saturated rings. The average Bonchev–Trinajstić information content (AvgIpc) is 2.81. The molecule has 1 aromatic heterocycles. The van der Waals surface area contributed by atoms with E-state index in [4.69, 9.17) is 4.74 Å². The Morgan fingerprint density at radius 1 is 1.67 bits per heavy atom. The number of hydrogen-bond acceptors (Lipinski definition) is 7. The van der Waals surface area contributed by atoms with Crippen LogP contribution in [0.4, 0.5) is 5.13 Å². The number of morpholine rings is 1. The van der Waals surface area contributed by atoms with Gasteiger partial charge in [-0.2, -0.15) is 0 Å². The standard InChI is InChI=1S/C8H15N5OS/c1-13(8-10-11-12-15-8)4-2-7-6-14-5-3-9-7/h7,9H,2-6H2,1H3. The summed E-state index contributed by atoms with van der Waals surface area (Å²) in [4.78, 5) is 2.07. The van der Waals surface area contributed by atoms with E-state index < -0.39 is 0 Å². The summed E-state index contributed by atoms with van der Waals surface area (Å²) < 4.78 is 9.12. The van der Waals surface area contributed by atoms with Crippen LogP contribution in [0.2, 0.25) is 0 Å². The van der Waals surface area contributed by atoms with Crippen LogP contribution in [0.3, 0.4) is 0 Å². The van der Waals surface area contributed by atoms with Crippen LogP contribution in [0.25, 0.3) is 0 Å². The van der Waals surface area contributed by atoms with Gasteiger partial charge in [0.05, 0.1) is 13.2 Å². The lowest BCUT2D eigenvalue weighted by molar-refractivity contribution is 0.0749. The van der Waals surface area contributed by atoms with E-state index in [0.29, 0.717) is 6.04 Å². The summed E-state index contributed by atoms with van der Waals surface area (Å²) in [5.74, 6) is 0.